The molecule has 0 aliphatic carbocycles. The fourth-order valence-electron chi connectivity index (χ4n) is 0.561. The quantitative estimate of drug-likeness (QED) is 0.310. The van der Waals surface area contributed by atoms with E-state index in [1.165, 1.54) is 11.3 Å². The molecule has 56 valence electrons. The van der Waals surface area contributed by atoms with Crippen molar-refractivity contribution in [1.82, 2.24) is 5.12 Å². The van der Waals surface area contributed by atoms with Crippen LogP contribution in [0.1, 0.15) is 0 Å². The molecule has 0 amide bonds. The molecule has 0 bridgehead atoms. The molecule has 5 N–H and O–H groups in total. The molecule has 0 aromatic rings. The first-order chi connectivity index (χ1) is 4.34. The monoisotopic (exact) mass is 160 g/mol. The van der Waals surface area contributed by atoms with Crippen molar-refractivity contribution < 1.29 is 17.5 Å². The van der Waals surface area contributed by atoms with Crippen molar-refractivity contribution in [2.45, 2.75) is 0 Å². The fourth-order valence-corrected chi connectivity index (χ4v) is 0.561. The smallest absolute Gasteiger partial charge is 0.193 e. The maximum atomic E-state index is 5.38. The van der Waals surface area contributed by atoms with Gasteiger partial charge >= 0.3 is 0 Å². The third-order valence-corrected chi connectivity index (χ3v) is 1.03. The summed E-state index contributed by atoms with van der Waals surface area (Å²) in [5.74, 6) is 5.38. The first-order valence-corrected chi connectivity index (χ1v) is 2.57. The normalized spacial score (nSPS) is 19.3. The predicted octanol–water partition coefficient (Wildman–Crippen LogP) is -5.40. The molecular weight excluding hydrogens is 152 g/mol. The number of hydrogen-bond donors (Lipinski definition) is 3. The fraction of sp³-hybridized carbons (Fsp3) is 0. The molecule has 0 saturated heterocycles. The third kappa shape index (κ3) is 1.75. The molecule has 5 heteroatoms. The highest BCUT2D eigenvalue weighted by atomic mass is 35.5. The minimum absolute atomic E-state index is 0. The number of nitrogens with one attached hydrogen (secondary N) is 1. The van der Waals surface area contributed by atoms with E-state index in [1.807, 2.05) is 6.08 Å². The van der Waals surface area contributed by atoms with Gasteiger partial charge in [0.1, 0.15) is 5.70 Å². The lowest BCUT2D eigenvalue weighted by Crippen LogP contribution is -3.00. The average molecular weight is 161 g/mol. The highest BCUT2D eigenvalue weighted by Gasteiger charge is 2.04. The van der Waals surface area contributed by atoms with E-state index in [2.05, 4.69) is 5.10 Å². The molecule has 0 fully saturated rings. The van der Waals surface area contributed by atoms with Crippen LogP contribution in [0, 0.1) is 0 Å². The summed E-state index contributed by atoms with van der Waals surface area (Å²) in [6, 6.07) is 0. The van der Waals surface area contributed by atoms with Crippen LogP contribution in [0.2, 0.25) is 0 Å². The molecule has 1 rings (SSSR count). The molecule has 1 heterocycles. The van der Waals surface area contributed by atoms with Crippen molar-refractivity contribution in [2.75, 3.05) is 0 Å². The molecular formula is C5H9ClN4. The van der Waals surface area contributed by atoms with Gasteiger partial charge in [0, 0.05) is 12.3 Å². The van der Waals surface area contributed by atoms with Gasteiger partial charge in [0.25, 0.3) is 0 Å². The van der Waals surface area contributed by atoms with Gasteiger partial charge in [-0.2, -0.15) is 5.84 Å². The highest BCUT2D eigenvalue weighted by molar-refractivity contribution is 5.66. The zero-order chi connectivity index (χ0) is 6.69. The van der Waals surface area contributed by atoms with Crippen molar-refractivity contribution >= 4 is 6.21 Å². The summed E-state index contributed by atoms with van der Waals surface area (Å²) in [6.45, 7) is 0. The maximum absolute atomic E-state index is 5.38. The third-order valence-electron chi connectivity index (χ3n) is 1.03. The van der Waals surface area contributed by atoms with E-state index < -0.39 is 0 Å². The molecule has 0 radical (unpaired) electrons. The molecule has 0 atom stereocenters. The minimum Gasteiger partial charge on any atom is -1.00 e. The van der Waals surface area contributed by atoms with Crippen LogP contribution >= 0.6 is 0 Å². The van der Waals surface area contributed by atoms with Crippen LogP contribution in [0.5, 0.6) is 0 Å². The molecule has 10 heavy (non-hydrogen) atoms. The van der Waals surface area contributed by atoms with Gasteiger partial charge in [0.2, 0.25) is 0 Å². The van der Waals surface area contributed by atoms with Gasteiger partial charge in [-0.25, -0.2) is 0 Å². The van der Waals surface area contributed by atoms with Gasteiger partial charge in [-0.3, -0.25) is 0 Å². The molecule has 0 saturated carbocycles. The Hall–Kier alpha value is -1.00. The Morgan fingerprint density at radius 3 is 2.70 bits per heavy atom. The first kappa shape index (κ1) is 9.00. The zero-order valence-corrected chi connectivity index (χ0v) is 6.05. The summed E-state index contributed by atoms with van der Waals surface area (Å²) in [5, 5.41) is 4.07. The number of hydrogen-bond acceptors (Lipinski definition) is 3. The van der Waals surface area contributed by atoms with E-state index in [4.69, 9.17) is 11.6 Å². The maximum Gasteiger partial charge on any atom is 0.193 e. The van der Waals surface area contributed by atoms with E-state index in [0.717, 1.165) is 5.70 Å². The SMILES string of the molecule is N/C=C1/C=CC=[NH+]N1N.[Cl-]. The Morgan fingerprint density at radius 2 is 2.30 bits per heavy atom. The van der Waals surface area contributed by atoms with Crippen molar-refractivity contribution in [2.24, 2.45) is 11.6 Å². The van der Waals surface area contributed by atoms with Gasteiger partial charge < -0.3 is 18.1 Å². The van der Waals surface area contributed by atoms with Crippen LogP contribution in [0.3, 0.4) is 0 Å². The molecule has 0 aromatic carbocycles. The van der Waals surface area contributed by atoms with E-state index in [9.17, 15) is 0 Å². The van der Waals surface area contributed by atoms with E-state index in [1.54, 1.807) is 12.3 Å². The van der Waals surface area contributed by atoms with Crippen LogP contribution in [-0.4, -0.2) is 11.3 Å². The van der Waals surface area contributed by atoms with Crippen LogP contribution in [-0.2, 0) is 0 Å². The summed E-state index contributed by atoms with van der Waals surface area (Å²) in [4.78, 5) is 0. The van der Waals surface area contributed by atoms with E-state index in [-0.39, 0.29) is 12.4 Å². The topological polar surface area (TPSA) is 69.2 Å². The first-order valence-electron chi connectivity index (χ1n) is 2.57. The summed E-state index contributed by atoms with van der Waals surface area (Å²) < 4.78 is 0. The van der Waals surface area contributed by atoms with Crippen LogP contribution in [0.15, 0.2) is 24.0 Å². The van der Waals surface area contributed by atoms with Crippen molar-refractivity contribution in [3.63, 3.8) is 0 Å². The Bertz CT molecular complexity index is 184. The average Bonchev–Trinajstić information content (AvgIpc) is 1.89. The van der Waals surface area contributed by atoms with Crippen molar-refractivity contribution in [1.29, 1.82) is 0 Å². The second kappa shape index (κ2) is 3.92. The number of hydrazone groups is 1. The number of rotatable bonds is 0. The second-order valence-corrected chi connectivity index (χ2v) is 1.62. The summed E-state index contributed by atoms with van der Waals surface area (Å²) >= 11 is 0. The number of hydrazine groups is 2. The van der Waals surface area contributed by atoms with E-state index >= 15 is 0 Å². The van der Waals surface area contributed by atoms with Gasteiger partial charge in [-0.15, -0.1) is 5.10 Å². The molecule has 4 nitrogen and oxygen atoms in total. The Labute approximate surface area is 65.2 Å². The molecule has 1 aliphatic heterocycles. The number of nitrogens with two attached hydrogens (primary N) is 2. The number of nitrogens with zero attached hydrogens (tertiary/aromatic N) is 1. The lowest BCUT2D eigenvalue weighted by molar-refractivity contribution is -0.631. The van der Waals surface area contributed by atoms with Gasteiger partial charge in [0.15, 0.2) is 6.21 Å². The van der Waals surface area contributed by atoms with Crippen LogP contribution in [0.4, 0.5) is 0 Å². The molecule has 0 unspecified atom stereocenters. The summed E-state index contributed by atoms with van der Waals surface area (Å²) in [5.41, 5.74) is 5.95. The molecule has 0 spiro atoms. The minimum atomic E-state index is 0. The number of halogens is 1. The predicted molar refractivity (Wildman–Crippen MR) is 34.5 cm³/mol. The second-order valence-electron chi connectivity index (χ2n) is 1.62. The lowest BCUT2D eigenvalue weighted by Gasteiger charge is -2.07. The largest absolute Gasteiger partial charge is 1.00 e. The molecule has 0 aromatic heterocycles. The van der Waals surface area contributed by atoms with Gasteiger partial charge in [-0.05, 0) is 6.08 Å². The number of allylic oxidation sites excluding steroid dienone is 2. The van der Waals surface area contributed by atoms with Crippen molar-refractivity contribution in [3.05, 3.63) is 24.0 Å². The summed E-state index contributed by atoms with van der Waals surface area (Å²) in [6.07, 6.45) is 6.77. The van der Waals surface area contributed by atoms with E-state index in [0.29, 0.717) is 0 Å². The zero-order valence-electron chi connectivity index (χ0n) is 5.29. The summed E-state index contributed by atoms with van der Waals surface area (Å²) in [7, 11) is 0. The Kier molecular flexibility index (Phi) is 3.53. The lowest BCUT2D eigenvalue weighted by atomic mass is 10.4. The standard InChI is InChI=1S/C5H8N4.ClH/c6-4-5-2-1-3-8-9(5)7;/h1-4H,6-7H2;1H/b5-4-;. The Balaban J connectivity index is 0.000000810. The van der Waals surface area contributed by atoms with Gasteiger partial charge in [-0.1, -0.05) is 5.12 Å². The van der Waals surface area contributed by atoms with Crippen LogP contribution < -0.4 is 29.1 Å². The van der Waals surface area contributed by atoms with Crippen LogP contribution in [0.25, 0.3) is 0 Å². The highest BCUT2D eigenvalue weighted by Crippen LogP contribution is 1.91. The van der Waals surface area contributed by atoms with Crippen molar-refractivity contribution in [3.8, 4) is 0 Å². The van der Waals surface area contributed by atoms with Gasteiger partial charge in [0.05, 0.1) is 0 Å². The molecule has 1 aliphatic rings. The Morgan fingerprint density at radius 1 is 1.60 bits per heavy atom.